The summed E-state index contributed by atoms with van der Waals surface area (Å²) in [6.45, 7) is 8.40. The van der Waals surface area contributed by atoms with Gasteiger partial charge in [0.25, 0.3) is 0 Å². The first-order valence-electron chi connectivity index (χ1n) is 10.9. The fourth-order valence-corrected chi connectivity index (χ4v) is 4.64. The zero-order valence-electron chi connectivity index (χ0n) is 18.2. The van der Waals surface area contributed by atoms with E-state index in [9.17, 15) is 0 Å². The van der Waals surface area contributed by atoms with Crippen LogP contribution in [-0.2, 0) is 6.42 Å². The first-order chi connectivity index (χ1) is 15.1. The van der Waals surface area contributed by atoms with E-state index in [1.54, 1.807) is 0 Å². The molecule has 0 saturated carbocycles. The number of hydrogen-bond acceptors (Lipinski definition) is 0. The maximum Gasteiger partial charge on any atom is -0.00192 e. The summed E-state index contributed by atoms with van der Waals surface area (Å²) in [5, 5.41) is 7.83. The van der Waals surface area contributed by atoms with Crippen molar-refractivity contribution in [2.75, 3.05) is 0 Å². The fraction of sp³-hybridized carbons (Fsp3) is 0.0968. The van der Waals surface area contributed by atoms with Crippen molar-refractivity contribution in [2.24, 2.45) is 0 Å². The zero-order chi connectivity index (χ0) is 21.4. The molecular weight excluding hydrogens is 372 g/mol. The van der Waals surface area contributed by atoms with Gasteiger partial charge in [-0.25, -0.2) is 0 Å². The van der Waals surface area contributed by atoms with Gasteiger partial charge in [-0.05, 0) is 74.8 Å². The van der Waals surface area contributed by atoms with Crippen LogP contribution in [0, 0.1) is 0 Å². The third-order valence-electron chi connectivity index (χ3n) is 6.06. The van der Waals surface area contributed by atoms with Crippen molar-refractivity contribution in [3.8, 4) is 0 Å². The Kier molecular flexibility index (Phi) is 4.92. The molecule has 5 aromatic rings. The van der Waals surface area contributed by atoms with Gasteiger partial charge in [0, 0.05) is 0 Å². The van der Waals surface area contributed by atoms with Crippen LogP contribution in [0.1, 0.15) is 36.1 Å². The van der Waals surface area contributed by atoms with Crippen LogP contribution >= 0.6 is 0 Å². The third kappa shape index (κ3) is 3.55. The van der Waals surface area contributed by atoms with Crippen molar-refractivity contribution < 1.29 is 0 Å². The minimum absolute atomic E-state index is 0.898. The first-order valence-corrected chi connectivity index (χ1v) is 10.9. The Labute approximate surface area is 184 Å². The van der Waals surface area contributed by atoms with Gasteiger partial charge in [0.1, 0.15) is 0 Å². The highest BCUT2D eigenvalue weighted by Crippen LogP contribution is 2.32. The second kappa shape index (κ2) is 7.89. The molecule has 0 radical (unpaired) electrons. The molecule has 5 rings (SSSR count). The van der Waals surface area contributed by atoms with Crippen LogP contribution in [0.5, 0.6) is 0 Å². The molecule has 0 aliphatic rings. The molecule has 0 saturated heterocycles. The van der Waals surface area contributed by atoms with Gasteiger partial charge in [-0.15, -0.1) is 0 Å². The molecule has 0 aliphatic carbocycles. The van der Waals surface area contributed by atoms with E-state index in [1.165, 1.54) is 60.1 Å². The zero-order valence-corrected chi connectivity index (χ0v) is 18.2. The Bertz CT molecular complexity index is 1480. The molecule has 0 aromatic heterocycles. The Morgan fingerprint density at radius 2 is 1.35 bits per heavy atom. The Morgan fingerprint density at radius 1 is 0.710 bits per heavy atom. The fourth-order valence-electron chi connectivity index (χ4n) is 4.64. The molecule has 0 bridgehead atoms. The van der Waals surface area contributed by atoms with E-state index in [1.807, 2.05) is 6.08 Å². The van der Waals surface area contributed by atoms with Crippen LogP contribution in [0.3, 0.4) is 0 Å². The predicted molar refractivity (Wildman–Crippen MR) is 138 cm³/mol. The molecule has 0 spiro atoms. The van der Waals surface area contributed by atoms with E-state index in [-0.39, 0.29) is 0 Å². The maximum atomic E-state index is 4.10. The smallest absolute Gasteiger partial charge is 0.00192 e. The highest BCUT2D eigenvalue weighted by molar-refractivity contribution is 6.07. The molecule has 0 N–H and O–H groups in total. The lowest BCUT2D eigenvalue weighted by Crippen LogP contribution is -1.95. The molecular formula is C31H26. The van der Waals surface area contributed by atoms with Gasteiger partial charge in [0.15, 0.2) is 0 Å². The lowest BCUT2D eigenvalue weighted by atomic mass is 9.90. The molecule has 0 atom stereocenters. The SMILES string of the molecule is C=Cc1cc(Cc2ccc3ccc4ccccc4c3c2)c2ccccc2c1C=C(C)C. The summed E-state index contributed by atoms with van der Waals surface area (Å²) in [6, 6.07) is 31.0. The average Bonchev–Trinajstić information content (AvgIpc) is 2.80. The number of rotatable bonds is 4. The van der Waals surface area contributed by atoms with Crippen molar-refractivity contribution in [2.45, 2.75) is 20.3 Å². The van der Waals surface area contributed by atoms with E-state index in [2.05, 4.69) is 111 Å². The average molecular weight is 399 g/mol. The van der Waals surface area contributed by atoms with Crippen LogP contribution in [0.25, 0.3) is 44.5 Å². The predicted octanol–water partition coefficient (Wildman–Crippen LogP) is 8.80. The molecule has 31 heavy (non-hydrogen) atoms. The highest BCUT2D eigenvalue weighted by Gasteiger charge is 2.10. The number of fused-ring (bicyclic) bond motifs is 4. The monoisotopic (exact) mass is 398 g/mol. The van der Waals surface area contributed by atoms with Crippen LogP contribution in [0.4, 0.5) is 0 Å². The largest absolute Gasteiger partial charge is 0.0984 e. The van der Waals surface area contributed by atoms with Gasteiger partial charge < -0.3 is 0 Å². The summed E-state index contributed by atoms with van der Waals surface area (Å²) < 4.78 is 0. The van der Waals surface area contributed by atoms with E-state index in [4.69, 9.17) is 0 Å². The van der Waals surface area contributed by atoms with E-state index < -0.39 is 0 Å². The van der Waals surface area contributed by atoms with Crippen LogP contribution in [0.2, 0.25) is 0 Å². The van der Waals surface area contributed by atoms with Gasteiger partial charge in [-0.3, -0.25) is 0 Å². The molecule has 0 unspecified atom stereocenters. The van der Waals surface area contributed by atoms with Crippen molar-refractivity contribution in [3.63, 3.8) is 0 Å². The van der Waals surface area contributed by atoms with Gasteiger partial charge in [0.2, 0.25) is 0 Å². The number of hydrogen-bond donors (Lipinski definition) is 0. The summed E-state index contributed by atoms with van der Waals surface area (Å²) in [4.78, 5) is 0. The minimum Gasteiger partial charge on any atom is -0.0984 e. The van der Waals surface area contributed by atoms with Crippen LogP contribution in [0.15, 0.2) is 97.1 Å². The van der Waals surface area contributed by atoms with Gasteiger partial charge in [-0.2, -0.15) is 0 Å². The molecule has 0 nitrogen and oxygen atoms in total. The highest BCUT2D eigenvalue weighted by atomic mass is 14.1. The second-order valence-corrected chi connectivity index (χ2v) is 8.53. The Hall–Kier alpha value is -3.64. The molecule has 0 heterocycles. The molecule has 0 amide bonds. The topological polar surface area (TPSA) is 0 Å². The normalized spacial score (nSPS) is 11.2. The minimum atomic E-state index is 0.898. The molecule has 0 heteroatoms. The Morgan fingerprint density at radius 3 is 2.10 bits per heavy atom. The third-order valence-corrected chi connectivity index (χ3v) is 6.06. The second-order valence-electron chi connectivity index (χ2n) is 8.53. The van der Waals surface area contributed by atoms with Crippen molar-refractivity contribution in [1.82, 2.24) is 0 Å². The van der Waals surface area contributed by atoms with E-state index in [0.717, 1.165) is 6.42 Å². The molecule has 5 aromatic carbocycles. The molecule has 150 valence electrons. The van der Waals surface area contributed by atoms with Crippen molar-refractivity contribution in [1.29, 1.82) is 0 Å². The Balaban J connectivity index is 1.69. The van der Waals surface area contributed by atoms with Gasteiger partial charge in [0.05, 0.1) is 0 Å². The van der Waals surface area contributed by atoms with E-state index in [0.29, 0.717) is 0 Å². The lowest BCUT2D eigenvalue weighted by molar-refractivity contribution is 1.22. The number of allylic oxidation sites excluding steroid dienone is 1. The van der Waals surface area contributed by atoms with Crippen molar-refractivity contribution in [3.05, 3.63) is 119 Å². The first kappa shape index (κ1) is 19.3. The maximum absolute atomic E-state index is 4.10. The summed E-state index contributed by atoms with van der Waals surface area (Å²) in [5.41, 5.74) is 6.43. The standard InChI is InChI=1S/C31H26/c1-4-23-20-26(28-11-7-8-12-29(28)30(23)17-21(2)3)18-22-13-14-25-16-15-24-9-5-6-10-27(24)31(25)19-22/h4-17,19-20H,1,18H2,2-3H3. The quantitative estimate of drug-likeness (QED) is 0.265. The summed E-state index contributed by atoms with van der Waals surface area (Å²) in [7, 11) is 0. The molecule has 0 fully saturated rings. The summed E-state index contributed by atoms with van der Waals surface area (Å²) in [5.74, 6) is 0. The lowest BCUT2D eigenvalue weighted by Gasteiger charge is -2.14. The van der Waals surface area contributed by atoms with Crippen LogP contribution in [-0.4, -0.2) is 0 Å². The van der Waals surface area contributed by atoms with Gasteiger partial charge in [-0.1, -0.05) is 109 Å². The summed E-state index contributed by atoms with van der Waals surface area (Å²) in [6.07, 6.45) is 5.15. The summed E-state index contributed by atoms with van der Waals surface area (Å²) >= 11 is 0. The van der Waals surface area contributed by atoms with Crippen molar-refractivity contribution >= 4 is 44.5 Å². The molecule has 0 aliphatic heterocycles. The number of benzene rings is 5. The van der Waals surface area contributed by atoms with Crippen LogP contribution < -0.4 is 0 Å². The van der Waals surface area contributed by atoms with Gasteiger partial charge >= 0.3 is 0 Å². The van der Waals surface area contributed by atoms with E-state index >= 15 is 0 Å².